The molecule has 1 atom stereocenters. The molecule has 0 radical (unpaired) electrons. The second kappa shape index (κ2) is 9.53. The van der Waals surface area contributed by atoms with Gasteiger partial charge in [-0.1, -0.05) is 24.3 Å². The van der Waals surface area contributed by atoms with Gasteiger partial charge in [0.1, 0.15) is 0 Å². The molecule has 2 aliphatic heterocycles. The molecule has 1 saturated heterocycles. The minimum atomic E-state index is -0.330. The first-order valence-corrected chi connectivity index (χ1v) is 11.0. The van der Waals surface area contributed by atoms with Crippen LogP contribution in [-0.2, 0) is 16.1 Å². The van der Waals surface area contributed by atoms with E-state index >= 15 is 0 Å². The molecule has 3 amide bonds. The van der Waals surface area contributed by atoms with Gasteiger partial charge in [-0.25, -0.2) is 0 Å². The Morgan fingerprint density at radius 3 is 2.25 bits per heavy atom. The number of carbonyl (C=O) groups excluding carboxylic acids is 3. The summed E-state index contributed by atoms with van der Waals surface area (Å²) >= 11 is 0. The van der Waals surface area contributed by atoms with Gasteiger partial charge in [0.25, 0.3) is 11.8 Å². The van der Waals surface area contributed by atoms with Crippen LogP contribution in [0.15, 0.2) is 48.5 Å². The van der Waals surface area contributed by atoms with E-state index < -0.39 is 0 Å². The standard InChI is InChI=1S/C25H29N3O4/c1-26(2)19-11-9-18(10-12-19)16-27(17-20-6-5-15-32-20)23(29)13-14-28-24(30)21-7-3-4-8-22(21)25(28)31/h3-4,7-12,20H,5-6,13-17H2,1-2H3. The highest BCUT2D eigenvalue weighted by Crippen LogP contribution is 2.23. The molecule has 32 heavy (non-hydrogen) atoms. The lowest BCUT2D eigenvalue weighted by Crippen LogP contribution is -2.39. The molecule has 1 fully saturated rings. The third-order valence-electron chi connectivity index (χ3n) is 6.05. The van der Waals surface area contributed by atoms with Gasteiger partial charge in [-0.2, -0.15) is 0 Å². The number of carbonyl (C=O) groups is 3. The lowest BCUT2D eigenvalue weighted by Gasteiger charge is -2.27. The first-order valence-electron chi connectivity index (χ1n) is 11.0. The van der Waals surface area contributed by atoms with Crippen LogP contribution in [0.2, 0.25) is 0 Å². The molecule has 2 heterocycles. The van der Waals surface area contributed by atoms with Crippen LogP contribution in [0.4, 0.5) is 5.69 Å². The minimum absolute atomic E-state index is 0.0271. The van der Waals surface area contributed by atoms with Gasteiger partial charge >= 0.3 is 0 Å². The largest absolute Gasteiger partial charge is 0.378 e. The van der Waals surface area contributed by atoms with Crippen LogP contribution in [0, 0.1) is 0 Å². The van der Waals surface area contributed by atoms with Crippen molar-refractivity contribution in [2.24, 2.45) is 0 Å². The molecule has 7 nitrogen and oxygen atoms in total. The maximum Gasteiger partial charge on any atom is 0.261 e. The smallest absolute Gasteiger partial charge is 0.261 e. The van der Waals surface area contributed by atoms with Crippen molar-refractivity contribution in [3.63, 3.8) is 0 Å². The highest BCUT2D eigenvalue weighted by atomic mass is 16.5. The number of anilines is 1. The lowest BCUT2D eigenvalue weighted by atomic mass is 10.1. The highest BCUT2D eigenvalue weighted by Gasteiger charge is 2.35. The monoisotopic (exact) mass is 435 g/mol. The van der Waals surface area contributed by atoms with Gasteiger partial charge < -0.3 is 14.5 Å². The summed E-state index contributed by atoms with van der Waals surface area (Å²) < 4.78 is 5.76. The minimum Gasteiger partial charge on any atom is -0.378 e. The molecule has 1 unspecified atom stereocenters. The fourth-order valence-electron chi connectivity index (χ4n) is 4.22. The Morgan fingerprint density at radius 1 is 1.03 bits per heavy atom. The van der Waals surface area contributed by atoms with Gasteiger partial charge in [-0.05, 0) is 42.7 Å². The second-order valence-corrected chi connectivity index (χ2v) is 8.53. The summed E-state index contributed by atoms with van der Waals surface area (Å²) in [6.07, 6.45) is 2.05. The van der Waals surface area contributed by atoms with Gasteiger partial charge in [-0.3, -0.25) is 19.3 Å². The summed E-state index contributed by atoms with van der Waals surface area (Å²) in [7, 11) is 3.98. The number of ether oxygens (including phenoxy) is 1. The Bertz CT molecular complexity index is 962. The molecule has 2 aromatic carbocycles. The molecule has 2 aromatic rings. The summed E-state index contributed by atoms with van der Waals surface area (Å²) in [5.41, 5.74) is 2.93. The van der Waals surface area contributed by atoms with E-state index in [9.17, 15) is 14.4 Å². The average Bonchev–Trinajstić information content (AvgIpc) is 3.39. The van der Waals surface area contributed by atoms with Crippen molar-refractivity contribution in [3.8, 4) is 0 Å². The van der Waals surface area contributed by atoms with Crippen molar-refractivity contribution in [2.75, 3.05) is 38.7 Å². The predicted octanol–water partition coefficient (Wildman–Crippen LogP) is 2.95. The molecular formula is C25H29N3O4. The molecule has 0 bridgehead atoms. The number of fused-ring (bicyclic) bond motifs is 1. The van der Waals surface area contributed by atoms with Gasteiger partial charge in [0.15, 0.2) is 0 Å². The molecule has 0 aromatic heterocycles. The molecule has 0 saturated carbocycles. The fraction of sp³-hybridized carbons (Fsp3) is 0.400. The number of benzene rings is 2. The van der Waals surface area contributed by atoms with Crippen molar-refractivity contribution < 1.29 is 19.1 Å². The van der Waals surface area contributed by atoms with E-state index in [1.54, 1.807) is 29.2 Å². The summed E-state index contributed by atoms with van der Waals surface area (Å²) in [5.74, 6) is -0.750. The third kappa shape index (κ3) is 4.67. The van der Waals surface area contributed by atoms with Crippen LogP contribution in [0.25, 0.3) is 0 Å². The number of imide groups is 1. The summed E-state index contributed by atoms with van der Waals surface area (Å²) in [6.45, 7) is 1.77. The van der Waals surface area contributed by atoms with Crippen LogP contribution < -0.4 is 4.90 Å². The van der Waals surface area contributed by atoms with Crippen molar-refractivity contribution in [3.05, 3.63) is 65.2 Å². The highest BCUT2D eigenvalue weighted by molar-refractivity contribution is 6.21. The Kier molecular flexibility index (Phi) is 6.55. The molecular weight excluding hydrogens is 406 g/mol. The first-order chi connectivity index (χ1) is 15.4. The zero-order chi connectivity index (χ0) is 22.7. The molecule has 0 N–H and O–H groups in total. The molecule has 7 heteroatoms. The quantitative estimate of drug-likeness (QED) is 0.597. The average molecular weight is 436 g/mol. The molecule has 2 aliphatic rings. The van der Waals surface area contributed by atoms with E-state index in [0.717, 1.165) is 30.7 Å². The lowest BCUT2D eigenvalue weighted by molar-refractivity contribution is -0.133. The van der Waals surface area contributed by atoms with Crippen LogP contribution in [-0.4, -0.2) is 67.4 Å². The van der Waals surface area contributed by atoms with E-state index in [-0.39, 0.29) is 36.8 Å². The third-order valence-corrected chi connectivity index (χ3v) is 6.05. The predicted molar refractivity (Wildman–Crippen MR) is 122 cm³/mol. The maximum atomic E-state index is 13.2. The van der Waals surface area contributed by atoms with Crippen LogP contribution in [0.3, 0.4) is 0 Å². The van der Waals surface area contributed by atoms with Crippen molar-refractivity contribution >= 4 is 23.4 Å². The van der Waals surface area contributed by atoms with Crippen LogP contribution in [0.1, 0.15) is 45.5 Å². The van der Waals surface area contributed by atoms with Gasteiger partial charge in [-0.15, -0.1) is 0 Å². The van der Waals surface area contributed by atoms with E-state index in [2.05, 4.69) is 0 Å². The Hall–Kier alpha value is -3.19. The van der Waals surface area contributed by atoms with Gasteiger partial charge in [0, 0.05) is 52.4 Å². The molecule has 0 spiro atoms. The Morgan fingerprint density at radius 2 is 1.69 bits per heavy atom. The van der Waals surface area contributed by atoms with Crippen molar-refractivity contribution in [1.82, 2.24) is 9.80 Å². The maximum absolute atomic E-state index is 13.2. The topological polar surface area (TPSA) is 70.2 Å². The van der Waals surface area contributed by atoms with Gasteiger partial charge in [0.05, 0.1) is 17.2 Å². The molecule has 4 rings (SSSR count). The number of nitrogens with zero attached hydrogens (tertiary/aromatic N) is 3. The number of amides is 3. The number of hydrogen-bond acceptors (Lipinski definition) is 5. The van der Waals surface area contributed by atoms with Crippen LogP contribution in [0.5, 0.6) is 0 Å². The first kappa shape index (κ1) is 22.0. The fourth-order valence-corrected chi connectivity index (χ4v) is 4.22. The van der Waals surface area contributed by atoms with E-state index in [0.29, 0.717) is 24.2 Å². The Balaban J connectivity index is 1.43. The van der Waals surface area contributed by atoms with E-state index in [4.69, 9.17) is 4.74 Å². The normalized spacial score (nSPS) is 17.6. The zero-order valence-corrected chi connectivity index (χ0v) is 18.6. The van der Waals surface area contributed by atoms with Crippen molar-refractivity contribution in [1.29, 1.82) is 0 Å². The Labute approximate surface area is 188 Å². The summed E-state index contributed by atoms with van der Waals surface area (Å²) in [5, 5.41) is 0. The summed E-state index contributed by atoms with van der Waals surface area (Å²) in [6, 6.07) is 14.9. The van der Waals surface area contributed by atoms with E-state index in [1.165, 1.54) is 4.90 Å². The number of rotatable bonds is 8. The number of hydrogen-bond donors (Lipinski definition) is 0. The van der Waals surface area contributed by atoms with Crippen molar-refractivity contribution in [2.45, 2.75) is 31.9 Å². The second-order valence-electron chi connectivity index (χ2n) is 8.53. The molecule has 168 valence electrons. The zero-order valence-electron chi connectivity index (χ0n) is 18.6. The SMILES string of the molecule is CN(C)c1ccc(CN(CC2CCCO2)C(=O)CCN2C(=O)c3ccccc3C2=O)cc1. The summed E-state index contributed by atoms with van der Waals surface area (Å²) in [4.78, 5) is 43.4. The molecule has 0 aliphatic carbocycles. The van der Waals surface area contributed by atoms with E-state index in [1.807, 2.05) is 43.3 Å². The van der Waals surface area contributed by atoms with Crippen LogP contribution >= 0.6 is 0 Å². The van der Waals surface area contributed by atoms with Gasteiger partial charge in [0.2, 0.25) is 5.91 Å².